The number of rotatable bonds is 2. The molecule has 3 rings (SSSR count). The minimum absolute atomic E-state index is 0.162. The van der Waals surface area contributed by atoms with Crippen molar-refractivity contribution in [1.82, 2.24) is 0 Å². The van der Waals surface area contributed by atoms with Gasteiger partial charge >= 0.3 is 0 Å². The number of nitrogens with zero attached hydrogens (tertiary/aromatic N) is 2. The van der Waals surface area contributed by atoms with Crippen LogP contribution in [0.3, 0.4) is 0 Å². The van der Waals surface area contributed by atoms with Crippen LogP contribution in [0.2, 0.25) is 0 Å². The number of allylic oxidation sites excluding steroid dienone is 3. The van der Waals surface area contributed by atoms with Gasteiger partial charge in [-0.1, -0.05) is 42.5 Å². The first-order chi connectivity index (χ1) is 11.3. The minimum atomic E-state index is 0.162. The fourth-order valence-electron chi connectivity index (χ4n) is 2.84. The normalized spacial score (nSPS) is 14.0. The Balaban J connectivity index is 2.12. The summed E-state index contributed by atoms with van der Waals surface area (Å²) in [6.07, 6.45) is 2.76. The van der Waals surface area contributed by atoms with E-state index in [-0.39, 0.29) is 5.57 Å². The molecule has 0 N–H and O–H groups in total. The Labute approximate surface area is 135 Å². The van der Waals surface area contributed by atoms with E-state index < -0.39 is 0 Å². The molecule has 0 unspecified atom stereocenters. The Kier molecular flexibility index (Phi) is 3.95. The van der Waals surface area contributed by atoms with E-state index in [1.807, 2.05) is 66.7 Å². The zero-order valence-corrected chi connectivity index (χ0v) is 12.7. The average Bonchev–Trinajstić information content (AvgIpc) is 2.95. The van der Waals surface area contributed by atoms with E-state index in [0.29, 0.717) is 0 Å². The Morgan fingerprint density at radius 3 is 2.39 bits per heavy atom. The van der Waals surface area contributed by atoms with Crippen molar-refractivity contribution in [1.29, 1.82) is 10.5 Å². The van der Waals surface area contributed by atoms with Gasteiger partial charge in [-0.25, -0.2) is 0 Å². The molecule has 0 fully saturated rings. The molecule has 0 heterocycles. The molecule has 0 atom stereocenters. The SMILES string of the molecule is COc1ccc(/C=C2\Cc3ccccc3C2=C(C#N)C#N)cc1. The van der Waals surface area contributed by atoms with Crippen LogP contribution in [-0.2, 0) is 6.42 Å². The first-order valence-corrected chi connectivity index (χ1v) is 7.24. The highest BCUT2D eigenvalue weighted by Crippen LogP contribution is 2.39. The number of benzene rings is 2. The molecule has 0 bridgehead atoms. The monoisotopic (exact) mass is 298 g/mol. The van der Waals surface area contributed by atoms with Gasteiger partial charge in [0, 0.05) is 5.57 Å². The summed E-state index contributed by atoms with van der Waals surface area (Å²) in [6, 6.07) is 19.7. The standard InChI is InChI=1S/C20H14N2O/c1-23-18-8-6-14(7-9-18)10-16-11-15-4-2-3-5-19(15)20(16)17(12-21)13-22/h2-10H,11H2,1H3/b16-10+. The molecule has 0 saturated carbocycles. The third-order valence-electron chi connectivity index (χ3n) is 3.92. The maximum Gasteiger partial charge on any atom is 0.137 e. The van der Waals surface area contributed by atoms with Crippen LogP contribution in [0.1, 0.15) is 16.7 Å². The zero-order chi connectivity index (χ0) is 16.2. The molecule has 1 aliphatic rings. The Morgan fingerprint density at radius 2 is 1.74 bits per heavy atom. The lowest BCUT2D eigenvalue weighted by atomic mass is 9.98. The molecule has 0 spiro atoms. The molecule has 3 nitrogen and oxygen atoms in total. The first kappa shape index (κ1) is 14.6. The van der Waals surface area contributed by atoms with Gasteiger partial charge in [-0.15, -0.1) is 0 Å². The van der Waals surface area contributed by atoms with Crippen molar-refractivity contribution in [3.63, 3.8) is 0 Å². The van der Waals surface area contributed by atoms with Gasteiger partial charge < -0.3 is 4.74 Å². The lowest BCUT2D eigenvalue weighted by molar-refractivity contribution is 0.415. The molecule has 0 aliphatic heterocycles. The van der Waals surface area contributed by atoms with Crippen LogP contribution in [0.5, 0.6) is 5.75 Å². The number of methoxy groups -OCH3 is 1. The first-order valence-electron chi connectivity index (χ1n) is 7.24. The van der Waals surface area contributed by atoms with Crippen molar-refractivity contribution in [3.8, 4) is 17.9 Å². The van der Waals surface area contributed by atoms with Crippen molar-refractivity contribution < 1.29 is 4.74 Å². The number of hydrogen-bond acceptors (Lipinski definition) is 3. The molecule has 110 valence electrons. The fourth-order valence-corrected chi connectivity index (χ4v) is 2.84. The van der Waals surface area contributed by atoms with Crippen LogP contribution in [0.25, 0.3) is 11.6 Å². The van der Waals surface area contributed by atoms with E-state index in [0.717, 1.165) is 40.0 Å². The second-order valence-electron chi connectivity index (χ2n) is 5.25. The summed E-state index contributed by atoms with van der Waals surface area (Å²) in [6.45, 7) is 0. The zero-order valence-electron chi connectivity index (χ0n) is 12.7. The van der Waals surface area contributed by atoms with Crippen molar-refractivity contribution in [2.75, 3.05) is 7.11 Å². The topological polar surface area (TPSA) is 56.8 Å². The van der Waals surface area contributed by atoms with Gasteiger partial charge in [0.25, 0.3) is 0 Å². The highest BCUT2D eigenvalue weighted by atomic mass is 16.5. The lowest BCUT2D eigenvalue weighted by Gasteiger charge is -2.04. The molecular formula is C20H14N2O. The predicted octanol–water partition coefficient (Wildman–Crippen LogP) is 4.14. The molecule has 0 saturated heterocycles. The molecule has 0 radical (unpaired) electrons. The van der Waals surface area contributed by atoms with Crippen LogP contribution in [0, 0.1) is 22.7 Å². The third kappa shape index (κ3) is 2.73. The van der Waals surface area contributed by atoms with Gasteiger partial charge in [-0.05, 0) is 40.8 Å². The van der Waals surface area contributed by atoms with Gasteiger partial charge in [-0.2, -0.15) is 10.5 Å². The van der Waals surface area contributed by atoms with Crippen LogP contribution in [-0.4, -0.2) is 7.11 Å². The van der Waals surface area contributed by atoms with E-state index >= 15 is 0 Å². The number of fused-ring (bicyclic) bond motifs is 1. The molecule has 0 aromatic heterocycles. The maximum absolute atomic E-state index is 9.29. The van der Waals surface area contributed by atoms with Gasteiger partial charge in [0.1, 0.15) is 23.5 Å². The molecule has 2 aromatic rings. The number of nitriles is 2. The number of hydrogen-bond donors (Lipinski definition) is 0. The predicted molar refractivity (Wildman–Crippen MR) is 89.3 cm³/mol. The van der Waals surface area contributed by atoms with Crippen LogP contribution < -0.4 is 4.74 Å². The van der Waals surface area contributed by atoms with Crippen molar-refractivity contribution in [3.05, 3.63) is 76.4 Å². The fraction of sp³-hybridized carbons (Fsp3) is 0.100. The van der Waals surface area contributed by atoms with E-state index in [1.54, 1.807) is 7.11 Å². The summed E-state index contributed by atoms with van der Waals surface area (Å²) in [7, 11) is 1.63. The molecule has 0 amide bonds. The van der Waals surface area contributed by atoms with E-state index in [9.17, 15) is 10.5 Å². The van der Waals surface area contributed by atoms with E-state index in [4.69, 9.17) is 4.74 Å². The number of ether oxygens (including phenoxy) is 1. The summed E-state index contributed by atoms with van der Waals surface area (Å²) in [5.74, 6) is 0.798. The largest absolute Gasteiger partial charge is 0.497 e. The van der Waals surface area contributed by atoms with Crippen molar-refractivity contribution in [2.24, 2.45) is 0 Å². The van der Waals surface area contributed by atoms with Crippen molar-refractivity contribution in [2.45, 2.75) is 6.42 Å². The summed E-state index contributed by atoms with van der Waals surface area (Å²) in [4.78, 5) is 0. The minimum Gasteiger partial charge on any atom is -0.497 e. The molecule has 23 heavy (non-hydrogen) atoms. The summed E-state index contributed by atoms with van der Waals surface area (Å²) in [5.41, 5.74) is 5.04. The Morgan fingerprint density at radius 1 is 1.04 bits per heavy atom. The van der Waals surface area contributed by atoms with Gasteiger partial charge in [-0.3, -0.25) is 0 Å². The van der Waals surface area contributed by atoms with Crippen LogP contribution >= 0.6 is 0 Å². The molecule has 2 aromatic carbocycles. The summed E-state index contributed by atoms with van der Waals surface area (Å²) in [5, 5.41) is 18.6. The smallest absolute Gasteiger partial charge is 0.137 e. The highest BCUT2D eigenvalue weighted by molar-refractivity contribution is 5.95. The summed E-state index contributed by atoms with van der Waals surface area (Å²) < 4.78 is 5.17. The average molecular weight is 298 g/mol. The van der Waals surface area contributed by atoms with Gasteiger partial charge in [0.05, 0.1) is 7.11 Å². The second-order valence-corrected chi connectivity index (χ2v) is 5.25. The van der Waals surface area contributed by atoms with Gasteiger partial charge in [0.2, 0.25) is 0 Å². The van der Waals surface area contributed by atoms with Crippen LogP contribution in [0.15, 0.2) is 59.7 Å². The second kappa shape index (κ2) is 6.22. The van der Waals surface area contributed by atoms with E-state index in [2.05, 4.69) is 0 Å². The third-order valence-corrected chi connectivity index (χ3v) is 3.92. The van der Waals surface area contributed by atoms with Crippen LogP contribution in [0.4, 0.5) is 0 Å². The maximum atomic E-state index is 9.29. The Hall–Kier alpha value is -3.30. The molecule has 3 heteroatoms. The van der Waals surface area contributed by atoms with E-state index in [1.165, 1.54) is 0 Å². The van der Waals surface area contributed by atoms with Gasteiger partial charge in [0.15, 0.2) is 0 Å². The van der Waals surface area contributed by atoms with Crippen molar-refractivity contribution >= 4 is 11.6 Å². The molecular weight excluding hydrogens is 284 g/mol. The highest BCUT2D eigenvalue weighted by Gasteiger charge is 2.24. The molecule has 1 aliphatic carbocycles. The lowest BCUT2D eigenvalue weighted by Crippen LogP contribution is -1.88. The Bertz CT molecular complexity index is 874. The summed E-state index contributed by atoms with van der Waals surface area (Å²) >= 11 is 0. The quantitative estimate of drug-likeness (QED) is 0.783.